The molecule has 1 aromatic rings. The summed E-state index contributed by atoms with van der Waals surface area (Å²) < 4.78 is 10.1. The van der Waals surface area contributed by atoms with Gasteiger partial charge in [0.15, 0.2) is 10.8 Å². The Hall–Kier alpha value is -1.14. The summed E-state index contributed by atoms with van der Waals surface area (Å²) in [6.45, 7) is 5.71. The van der Waals surface area contributed by atoms with Crippen LogP contribution in [0.4, 0.5) is 5.13 Å². The minimum atomic E-state index is -0.375. The number of hydrogen-bond acceptors (Lipinski definition) is 6. The zero-order valence-electron chi connectivity index (χ0n) is 11.6. The number of aromatic nitrogens is 1. The number of carbonyl (C=O) groups excluding carboxylic acids is 1. The van der Waals surface area contributed by atoms with Gasteiger partial charge in [-0.25, -0.2) is 9.78 Å². The van der Waals surface area contributed by atoms with Crippen LogP contribution in [0.2, 0.25) is 0 Å². The van der Waals surface area contributed by atoms with E-state index in [1.54, 1.807) is 0 Å². The SMILES string of the molecule is COC(=O)c1nc(NC(C)C2CCOCC2)sc1C. The first-order valence-electron chi connectivity index (χ1n) is 6.52. The van der Waals surface area contributed by atoms with E-state index in [1.165, 1.54) is 18.4 Å². The minimum absolute atomic E-state index is 0.333. The molecule has 0 spiro atoms. The summed E-state index contributed by atoms with van der Waals surface area (Å²) in [4.78, 5) is 16.7. The van der Waals surface area contributed by atoms with Gasteiger partial charge in [-0.1, -0.05) is 0 Å². The summed E-state index contributed by atoms with van der Waals surface area (Å²) in [5, 5.41) is 4.18. The smallest absolute Gasteiger partial charge is 0.357 e. The van der Waals surface area contributed by atoms with Crippen molar-refractivity contribution in [3.8, 4) is 0 Å². The highest BCUT2D eigenvalue weighted by Crippen LogP contribution is 2.26. The zero-order chi connectivity index (χ0) is 13.8. The van der Waals surface area contributed by atoms with Crippen LogP contribution in [-0.4, -0.2) is 37.3 Å². The van der Waals surface area contributed by atoms with Crippen molar-refractivity contribution in [2.24, 2.45) is 5.92 Å². The Kier molecular flexibility index (Phi) is 4.76. The lowest BCUT2D eigenvalue weighted by Crippen LogP contribution is -2.30. The molecule has 1 atom stereocenters. The minimum Gasteiger partial charge on any atom is -0.464 e. The number of ether oxygens (including phenoxy) is 2. The van der Waals surface area contributed by atoms with E-state index in [1.807, 2.05) is 6.92 Å². The van der Waals surface area contributed by atoms with Crippen LogP contribution in [0.5, 0.6) is 0 Å². The van der Waals surface area contributed by atoms with E-state index in [4.69, 9.17) is 9.47 Å². The van der Waals surface area contributed by atoms with Crippen molar-refractivity contribution in [3.05, 3.63) is 10.6 Å². The molecular formula is C13H20N2O3S. The number of anilines is 1. The summed E-state index contributed by atoms with van der Waals surface area (Å²) in [6, 6.07) is 0.333. The average molecular weight is 284 g/mol. The van der Waals surface area contributed by atoms with Gasteiger partial charge in [0.05, 0.1) is 7.11 Å². The number of nitrogens with zero attached hydrogens (tertiary/aromatic N) is 1. The lowest BCUT2D eigenvalue weighted by Gasteiger charge is -2.28. The standard InChI is InChI=1S/C13H20N2O3S/c1-8(10-4-6-18-7-5-10)14-13-15-11(9(2)19-13)12(16)17-3/h8,10H,4-7H2,1-3H3,(H,14,15). The van der Waals surface area contributed by atoms with Crippen molar-refractivity contribution >= 4 is 22.4 Å². The first-order chi connectivity index (χ1) is 9.11. The highest BCUT2D eigenvalue weighted by Gasteiger charge is 2.22. The van der Waals surface area contributed by atoms with Crippen molar-refractivity contribution < 1.29 is 14.3 Å². The summed E-state index contributed by atoms with van der Waals surface area (Å²) >= 11 is 1.50. The van der Waals surface area contributed by atoms with Gasteiger partial charge in [-0.3, -0.25) is 0 Å². The molecule has 1 aromatic heterocycles. The molecule has 2 rings (SSSR count). The van der Waals surface area contributed by atoms with Gasteiger partial charge in [0, 0.05) is 24.1 Å². The van der Waals surface area contributed by atoms with Crippen LogP contribution in [-0.2, 0) is 9.47 Å². The third-order valence-corrected chi connectivity index (χ3v) is 4.40. The molecule has 6 heteroatoms. The van der Waals surface area contributed by atoms with Gasteiger partial charge in [0.2, 0.25) is 0 Å². The fourth-order valence-electron chi connectivity index (χ4n) is 2.27. The summed E-state index contributed by atoms with van der Waals surface area (Å²) in [5.74, 6) is 0.222. The van der Waals surface area contributed by atoms with Crippen molar-refractivity contribution in [1.82, 2.24) is 4.98 Å². The van der Waals surface area contributed by atoms with Gasteiger partial charge in [-0.2, -0.15) is 0 Å². The number of aryl methyl sites for hydroxylation is 1. The van der Waals surface area contributed by atoms with Crippen LogP contribution in [0.15, 0.2) is 0 Å². The normalized spacial score (nSPS) is 18.1. The van der Waals surface area contributed by atoms with Gasteiger partial charge >= 0.3 is 5.97 Å². The summed E-state index contributed by atoms with van der Waals surface area (Å²) in [5.41, 5.74) is 0.411. The van der Waals surface area contributed by atoms with Crippen molar-refractivity contribution in [1.29, 1.82) is 0 Å². The maximum Gasteiger partial charge on any atom is 0.357 e. The number of carbonyl (C=O) groups is 1. The molecule has 1 fully saturated rings. The molecule has 2 heterocycles. The van der Waals surface area contributed by atoms with Gasteiger partial charge in [-0.15, -0.1) is 11.3 Å². The molecule has 0 aliphatic carbocycles. The molecule has 0 radical (unpaired) electrons. The Morgan fingerprint density at radius 2 is 2.21 bits per heavy atom. The number of nitrogens with one attached hydrogen (secondary N) is 1. The van der Waals surface area contributed by atoms with E-state index in [2.05, 4.69) is 17.2 Å². The topological polar surface area (TPSA) is 60.5 Å². The maximum atomic E-state index is 11.5. The number of rotatable bonds is 4. The molecule has 0 amide bonds. The van der Waals surface area contributed by atoms with E-state index in [-0.39, 0.29) is 5.97 Å². The highest BCUT2D eigenvalue weighted by atomic mass is 32.1. The van der Waals surface area contributed by atoms with E-state index >= 15 is 0 Å². The number of esters is 1. The van der Waals surface area contributed by atoms with E-state index in [9.17, 15) is 4.79 Å². The van der Waals surface area contributed by atoms with E-state index in [0.717, 1.165) is 36.1 Å². The molecule has 1 N–H and O–H groups in total. The van der Waals surface area contributed by atoms with E-state index in [0.29, 0.717) is 17.7 Å². The van der Waals surface area contributed by atoms with Crippen LogP contribution in [0.3, 0.4) is 0 Å². The molecule has 1 unspecified atom stereocenters. The number of hydrogen-bond donors (Lipinski definition) is 1. The molecule has 1 aliphatic heterocycles. The van der Waals surface area contributed by atoms with E-state index < -0.39 is 0 Å². The first kappa shape index (κ1) is 14.3. The largest absolute Gasteiger partial charge is 0.464 e. The van der Waals surface area contributed by atoms with Crippen LogP contribution in [0.1, 0.15) is 35.1 Å². The Morgan fingerprint density at radius 3 is 2.84 bits per heavy atom. The molecule has 0 aromatic carbocycles. The highest BCUT2D eigenvalue weighted by molar-refractivity contribution is 7.15. The fourth-order valence-corrected chi connectivity index (χ4v) is 3.17. The summed E-state index contributed by atoms with van der Waals surface area (Å²) in [7, 11) is 1.37. The molecule has 5 nitrogen and oxygen atoms in total. The lowest BCUT2D eigenvalue weighted by atomic mass is 9.93. The summed E-state index contributed by atoms with van der Waals surface area (Å²) in [6.07, 6.45) is 2.14. The Balaban J connectivity index is 2.00. The molecule has 19 heavy (non-hydrogen) atoms. The van der Waals surface area contributed by atoms with Gasteiger partial charge in [0.1, 0.15) is 0 Å². The number of methoxy groups -OCH3 is 1. The molecule has 1 aliphatic rings. The third-order valence-electron chi connectivity index (χ3n) is 3.50. The quantitative estimate of drug-likeness (QED) is 0.861. The van der Waals surface area contributed by atoms with Crippen LogP contribution < -0.4 is 5.32 Å². The molecule has 0 saturated carbocycles. The van der Waals surface area contributed by atoms with Gasteiger partial charge in [0.25, 0.3) is 0 Å². The average Bonchev–Trinajstić information content (AvgIpc) is 2.79. The molecule has 1 saturated heterocycles. The maximum absolute atomic E-state index is 11.5. The Morgan fingerprint density at radius 1 is 1.53 bits per heavy atom. The van der Waals surface area contributed by atoms with Crippen molar-refractivity contribution in [2.45, 2.75) is 32.7 Å². The fraction of sp³-hybridized carbons (Fsp3) is 0.692. The van der Waals surface area contributed by atoms with Crippen LogP contribution >= 0.6 is 11.3 Å². The van der Waals surface area contributed by atoms with Crippen LogP contribution in [0.25, 0.3) is 0 Å². The Bertz CT molecular complexity index is 441. The van der Waals surface area contributed by atoms with Gasteiger partial charge < -0.3 is 14.8 Å². The van der Waals surface area contributed by atoms with Crippen LogP contribution in [0, 0.1) is 12.8 Å². The predicted molar refractivity (Wildman–Crippen MR) is 74.8 cm³/mol. The first-order valence-corrected chi connectivity index (χ1v) is 7.33. The van der Waals surface area contributed by atoms with Crippen molar-refractivity contribution in [3.63, 3.8) is 0 Å². The van der Waals surface area contributed by atoms with Gasteiger partial charge in [-0.05, 0) is 32.6 Å². The second-order valence-electron chi connectivity index (χ2n) is 4.80. The second kappa shape index (κ2) is 6.34. The Labute approximate surface area is 117 Å². The second-order valence-corrected chi connectivity index (χ2v) is 6.00. The molecule has 0 bridgehead atoms. The zero-order valence-corrected chi connectivity index (χ0v) is 12.4. The third kappa shape index (κ3) is 3.45. The van der Waals surface area contributed by atoms with Crippen molar-refractivity contribution in [2.75, 3.05) is 25.6 Å². The lowest BCUT2D eigenvalue weighted by molar-refractivity contribution is 0.0594. The molecular weight excluding hydrogens is 264 g/mol. The molecule has 106 valence electrons. The number of thiazole rings is 1. The predicted octanol–water partition coefficient (Wildman–Crippen LogP) is 2.47. The monoisotopic (exact) mass is 284 g/mol.